The van der Waals surface area contributed by atoms with Crippen LogP contribution in [0.3, 0.4) is 0 Å². The predicted molar refractivity (Wildman–Crippen MR) is 71.2 cm³/mol. The summed E-state index contributed by atoms with van der Waals surface area (Å²) in [4.78, 5) is 0. The molecule has 3 heteroatoms. The molecule has 1 atom stereocenters. The highest BCUT2D eigenvalue weighted by Crippen LogP contribution is 2.32. The average molecular weight is 251 g/mol. The van der Waals surface area contributed by atoms with Gasteiger partial charge in [-0.2, -0.15) is 0 Å². The second kappa shape index (κ2) is 6.86. The molecular formula is C15H22FNO. The Hall–Kier alpha value is -0.930. The van der Waals surface area contributed by atoms with E-state index in [-0.39, 0.29) is 5.82 Å². The third kappa shape index (κ3) is 3.30. The third-order valence-electron chi connectivity index (χ3n) is 3.63. The number of rotatable bonds is 7. The van der Waals surface area contributed by atoms with Gasteiger partial charge in [-0.05, 0) is 55.8 Å². The molecule has 0 radical (unpaired) electrons. The highest BCUT2D eigenvalue weighted by atomic mass is 19.1. The van der Waals surface area contributed by atoms with E-state index in [0.717, 1.165) is 50.0 Å². The Kier molecular flexibility index (Phi) is 5.14. The largest absolute Gasteiger partial charge is 0.385 e. The van der Waals surface area contributed by atoms with E-state index >= 15 is 0 Å². The van der Waals surface area contributed by atoms with Crippen molar-refractivity contribution in [2.45, 2.75) is 38.1 Å². The molecule has 0 saturated carbocycles. The quantitative estimate of drug-likeness (QED) is 0.751. The van der Waals surface area contributed by atoms with Crippen LogP contribution in [0, 0.1) is 5.82 Å². The van der Waals surface area contributed by atoms with Crippen molar-refractivity contribution < 1.29 is 9.13 Å². The molecule has 0 amide bonds. The Balaban J connectivity index is 1.75. The number of unbranched alkanes of at least 4 members (excludes halogenated alkanes) is 2. The van der Waals surface area contributed by atoms with E-state index in [9.17, 15) is 4.39 Å². The molecule has 0 aliphatic heterocycles. The highest BCUT2D eigenvalue weighted by molar-refractivity contribution is 5.35. The lowest BCUT2D eigenvalue weighted by Gasteiger charge is -2.14. The van der Waals surface area contributed by atoms with Crippen LogP contribution in [0.5, 0.6) is 0 Å². The third-order valence-corrected chi connectivity index (χ3v) is 3.63. The number of hydrogen-bond donors (Lipinski definition) is 1. The number of nitrogens with one attached hydrogen (secondary N) is 1. The zero-order valence-electron chi connectivity index (χ0n) is 11.0. The molecule has 1 aromatic rings. The summed E-state index contributed by atoms with van der Waals surface area (Å²) in [6.45, 7) is 1.85. The lowest BCUT2D eigenvalue weighted by atomic mass is 10.1. The molecule has 100 valence electrons. The lowest BCUT2D eigenvalue weighted by Crippen LogP contribution is -2.20. The van der Waals surface area contributed by atoms with Crippen LogP contribution in [-0.4, -0.2) is 20.3 Å². The number of benzene rings is 1. The van der Waals surface area contributed by atoms with Gasteiger partial charge in [0.05, 0.1) is 0 Å². The molecular weight excluding hydrogens is 229 g/mol. The van der Waals surface area contributed by atoms with Crippen LogP contribution in [-0.2, 0) is 11.2 Å². The summed E-state index contributed by atoms with van der Waals surface area (Å²) in [6, 6.07) is 5.77. The SMILES string of the molecule is COCCCCCNC1CCc2c(F)cccc21. The molecule has 1 aliphatic rings. The minimum Gasteiger partial charge on any atom is -0.385 e. The van der Waals surface area contributed by atoms with Crippen LogP contribution in [0.1, 0.15) is 42.9 Å². The Bertz CT molecular complexity index is 381. The molecule has 0 spiro atoms. The summed E-state index contributed by atoms with van der Waals surface area (Å²) in [5, 5.41) is 3.53. The molecule has 1 aliphatic carbocycles. The first kappa shape index (κ1) is 13.5. The first-order valence-corrected chi connectivity index (χ1v) is 6.82. The summed E-state index contributed by atoms with van der Waals surface area (Å²) < 4.78 is 18.6. The van der Waals surface area contributed by atoms with Crippen LogP contribution in [0.15, 0.2) is 18.2 Å². The molecule has 0 saturated heterocycles. The molecule has 18 heavy (non-hydrogen) atoms. The van der Waals surface area contributed by atoms with Crippen molar-refractivity contribution in [3.8, 4) is 0 Å². The van der Waals surface area contributed by atoms with Gasteiger partial charge in [-0.15, -0.1) is 0 Å². The smallest absolute Gasteiger partial charge is 0.126 e. The maximum absolute atomic E-state index is 13.6. The monoisotopic (exact) mass is 251 g/mol. The number of halogens is 1. The van der Waals surface area contributed by atoms with Crippen LogP contribution in [0.25, 0.3) is 0 Å². The van der Waals surface area contributed by atoms with E-state index in [0.29, 0.717) is 6.04 Å². The maximum atomic E-state index is 13.6. The first-order chi connectivity index (χ1) is 8.83. The van der Waals surface area contributed by atoms with Crippen LogP contribution in [0.4, 0.5) is 4.39 Å². The molecule has 0 heterocycles. The van der Waals surface area contributed by atoms with Gasteiger partial charge in [-0.1, -0.05) is 12.1 Å². The Morgan fingerprint density at radius 1 is 1.33 bits per heavy atom. The first-order valence-electron chi connectivity index (χ1n) is 6.82. The molecule has 2 rings (SSSR count). The Morgan fingerprint density at radius 2 is 2.22 bits per heavy atom. The van der Waals surface area contributed by atoms with Gasteiger partial charge in [0.1, 0.15) is 5.82 Å². The van der Waals surface area contributed by atoms with Crippen molar-refractivity contribution in [2.75, 3.05) is 20.3 Å². The van der Waals surface area contributed by atoms with Gasteiger partial charge in [0.15, 0.2) is 0 Å². The maximum Gasteiger partial charge on any atom is 0.126 e. The van der Waals surface area contributed by atoms with Crippen molar-refractivity contribution >= 4 is 0 Å². The van der Waals surface area contributed by atoms with Gasteiger partial charge in [0.2, 0.25) is 0 Å². The van der Waals surface area contributed by atoms with Crippen molar-refractivity contribution in [1.82, 2.24) is 5.32 Å². The Morgan fingerprint density at radius 3 is 3.06 bits per heavy atom. The second-order valence-corrected chi connectivity index (χ2v) is 4.91. The number of methoxy groups -OCH3 is 1. The Labute approximate surface area is 109 Å². The zero-order chi connectivity index (χ0) is 12.8. The van der Waals surface area contributed by atoms with Crippen LogP contribution >= 0.6 is 0 Å². The number of ether oxygens (including phenoxy) is 1. The fourth-order valence-electron chi connectivity index (χ4n) is 2.65. The fraction of sp³-hybridized carbons (Fsp3) is 0.600. The molecule has 1 N–H and O–H groups in total. The van der Waals surface area contributed by atoms with E-state index in [1.807, 2.05) is 12.1 Å². The summed E-state index contributed by atoms with van der Waals surface area (Å²) >= 11 is 0. The van der Waals surface area contributed by atoms with Gasteiger partial charge in [-0.25, -0.2) is 4.39 Å². The molecule has 0 aromatic heterocycles. The minimum absolute atomic E-state index is 0.0445. The molecule has 2 nitrogen and oxygen atoms in total. The zero-order valence-corrected chi connectivity index (χ0v) is 11.0. The highest BCUT2D eigenvalue weighted by Gasteiger charge is 2.23. The van der Waals surface area contributed by atoms with Crippen molar-refractivity contribution in [1.29, 1.82) is 0 Å². The van der Waals surface area contributed by atoms with Gasteiger partial charge >= 0.3 is 0 Å². The normalized spacial score (nSPS) is 18.0. The average Bonchev–Trinajstić information content (AvgIpc) is 2.79. The number of fused-ring (bicyclic) bond motifs is 1. The fourth-order valence-corrected chi connectivity index (χ4v) is 2.65. The molecule has 1 unspecified atom stereocenters. The second-order valence-electron chi connectivity index (χ2n) is 4.91. The van der Waals surface area contributed by atoms with Crippen LogP contribution < -0.4 is 5.32 Å². The van der Waals surface area contributed by atoms with Crippen molar-refractivity contribution in [3.63, 3.8) is 0 Å². The standard InChI is InChI=1S/C15H22FNO/c1-18-11-4-2-3-10-17-15-9-8-12-13(15)6-5-7-14(12)16/h5-7,15,17H,2-4,8-11H2,1H3. The van der Waals surface area contributed by atoms with Gasteiger partial charge < -0.3 is 10.1 Å². The molecule has 0 fully saturated rings. The van der Waals surface area contributed by atoms with Gasteiger partial charge in [0.25, 0.3) is 0 Å². The van der Waals surface area contributed by atoms with E-state index in [1.165, 1.54) is 6.42 Å². The van der Waals surface area contributed by atoms with Gasteiger partial charge in [0, 0.05) is 19.8 Å². The van der Waals surface area contributed by atoms with E-state index < -0.39 is 0 Å². The van der Waals surface area contributed by atoms with E-state index in [2.05, 4.69) is 5.32 Å². The predicted octanol–water partition coefficient (Wildman–Crippen LogP) is 3.22. The lowest BCUT2D eigenvalue weighted by molar-refractivity contribution is 0.192. The molecule has 0 bridgehead atoms. The topological polar surface area (TPSA) is 21.3 Å². The minimum atomic E-state index is -0.0445. The summed E-state index contributed by atoms with van der Waals surface area (Å²) in [5.41, 5.74) is 2.07. The van der Waals surface area contributed by atoms with Gasteiger partial charge in [-0.3, -0.25) is 0 Å². The van der Waals surface area contributed by atoms with Crippen molar-refractivity contribution in [3.05, 3.63) is 35.1 Å². The number of hydrogen-bond acceptors (Lipinski definition) is 2. The summed E-state index contributed by atoms with van der Waals surface area (Å²) in [7, 11) is 1.74. The van der Waals surface area contributed by atoms with E-state index in [4.69, 9.17) is 4.74 Å². The van der Waals surface area contributed by atoms with Crippen molar-refractivity contribution in [2.24, 2.45) is 0 Å². The summed E-state index contributed by atoms with van der Waals surface area (Å²) in [5.74, 6) is -0.0445. The van der Waals surface area contributed by atoms with E-state index in [1.54, 1.807) is 13.2 Å². The molecule has 1 aromatic carbocycles. The summed E-state index contributed by atoms with van der Waals surface area (Å²) in [6.07, 6.45) is 5.35. The van der Waals surface area contributed by atoms with Crippen LogP contribution in [0.2, 0.25) is 0 Å².